The Balaban J connectivity index is 1.85. The van der Waals surface area contributed by atoms with Crippen LogP contribution in [-0.2, 0) is 15.1 Å². The van der Waals surface area contributed by atoms with E-state index in [1.54, 1.807) is 0 Å². The number of benzene rings is 1. The van der Waals surface area contributed by atoms with Gasteiger partial charge in [0.15, 0.2) is 0 Å². The Morgan fingerprint density at radius 3 is 2.41 bits per heavy atom. The van der Waals surface area contributed by atoms with E-state index in [0.717, 1.165) is 11.3 Å². The number of alkyl halides is 3. The molecule has 4 nitrogen and oxygen atoms in total. The molecule has 2 fully saturated rings. The van der Waals surface area contributed by atoms with E-state index in [1.165, 1.54) is 0 Å². The van der Waals surface area contributed by atoms with Gasteiger partial charge in [-0.3, -0.25) is 4.90 Å². The fraction of sp³-hybridized carbons (Fsp3) is 0.533. The lowest BCUT2D eigenvalue weighted by Gasteiger charge is -2.46. The van der Waals surface area contributed by atoms with Crippen molar-refractivity contribution < 1.29 is 9.94 Å². The highest BCUT2D eigenvalue weighted by Gasteiger charge is 2.38. The van der Waals surface area contributed by atoms with Crippen molar-refractivity contribution in [1.29, 1.82) is 0 Å². The van der Waals surface area contributed by atoms with Crippen LogP contribution in [0.4, 0.5) is 0 Å². The molecule has 0 amide bonds. The number of ether oxygens (including phenoxy) is 1. The first-order valence-electron chi connectivity index (χ1n) is 7.17. The van der Waals surface area contributed by atoms with Crippen molar-refractivity contribution in [3.8, 4) is 0 Å². The Labute approximate surface area is 144 Å². The van der Waals surface area contributed by atoms with Crippen LogP contribution >= 0.6 is 34.8 Å². The van der Waals surface area contributed by atoms with Crippen LogP contribution in [0, 0.1) is 0 Å². The lowest BCUT2D eigenvalue weighted by molar-refractivity contribution is -0.0575. The van der Waals surface area contributed by atoms with Crippen molar-refractivity contribution in [2.24, 2.45) is 5.16 Å². The zero-order chi connectivity index (χ0) is 15.7. The van der Waals surface area contributed by atoms with Crippen LogP contribution in [0.1, 0.15) is 24.0 Å². The Bertz CT molecular complexity index is 558. The van der Waals surface area contributed by atoms with Gasteiger partial charge < -0.3 is 9.94 Å². The Morgan fingerprint density at radius 1 is 1.18 bits per heavy atom. The first-order valence-corrected chi connectivity index (χ1v) is 8.31. The summed E-state index contributed by atoms with van der Waals surface area (Å²) in [6.45, 7) is 1.96. The van der Waals surface area contributed by atoms with E-state index >= 15 is 0 Å². The predicted molar refractivity (Wildman–Crippen MR) is 88.1 cm³/mol. The highest BCUT2D eigenvalue weighted by molar-refractivity contribution is 6.66. The lowest BCUT2D eigenvalue weighted by Crippen LogP contribution is -2.56. The van der Waals surface area contributed by atoms with Gasteiger partial charge in [0.05, 0.1) is 18.9 Å². The van der Waals surface area contributed by atoms with Crippen molar-refractivity contribution in [3.63, 3.8) is 0 Å². The molecular weight excluding hydrogens is 347 g/mol. The number of piperidine rings is 1. The topological polar surface area (TPSA) is 45.1 Å². The molecule has 2 unspecified atom stereocenters. The van der Waals surface area contributed by atoms with Gasteiger partial charge in [-0.05, 0) is 5.56 Å². The fourth-order valence-corrected chi connectivity index (χ4v) is 3.83. The van der Waals surface area contributed by atoms with E-state index in [0.29, 0.717) is 38.2 Å². The molecule has 0 aromatic heterocycles. The minimum Gasteiger partial charge on any atom is -0.411 e. The first-order chi connectivity index (χ1) is 10.5. The van der Waals surface area contributed by atoms with Crippen LogP contribution in [0.2, 0.25) is 0 Å². The summed E-state index contributed by atoms with van der Waals surface area (Å²) in [7, 11) is 0. The third-order valence-electron chi connectivity index (χ3n) is 4.32. The molecule has 7 heteroatoms. The summed E-state index contributed by atoms with van der Waals surface area (Å²) >= 11 is 18.2. The second-order valence-corrected chi connectivity index (χ2v) is 8.03. The molecule has 22 heavy (non-hydrogen) atoms. The number of hydrogen-bond donors (Lipinski definition) is 1. The molecule has 120 valence electrons. The van der Waals surface area contributed by atoms with E-state index in [9.17, 15) is 0 Å². The zero-order valence-electron chi connectivity index (χ0n) is 11.9. The zero-order valence-corrected chi connectivity index (χ0v) is 14.2. The SMILES string of the molecule is ON=C1CC2COCC(C1)N2Cc1ccccc1C(Cl)(Cl)Cl. The summed E-state index contributed by atoms with van der Waals surface area (Å²) in [5, 5.41) is 12.4. The van der Waals surface area contributed by atoms with Gasteiger partial charge in [0.1, 0.15) is 0 Å². The number of morpholine rings is 1. The lowest BCUT2D eigenvalue weighted by atomic mass is 9.91. The Hall–Kier alpha value is -0.520. The van der Waals surface area contributed by atoms with Crippen LogP contribution in [0.5, 0.6) is 0 Å². The standard InChI is InChI=1S/C15H17Cl3N2O2/c16-15(17,18)14-4-2-1-3-10(14)7-20-12-5-11(19-21)6-13(20)9-22-8-12/h1-4,12-13,21H,5-9H2. The van der Waals surface area contributed by atoms with Gasteiger partial charge in [-0.15, -0.1) is 0 Å². The second kappa shape index (κ2) is 6.54. The summed E-state index contributed by atoms with van der Waals surface area (Å²) in [6.07, 6.45) is 1.42. The van der Waals surface area contributed by atoms with Gasteiger partial charge in [0, 0.05) is 37.0 Å². The smallest absolute Gasteiger partial charge is 0.216 e. The maximum atomic E-state index is 9.05. The molecular formula is C15H17Cl3N2O2. The van der Waals surface area contributed by atoms with Crippen LogP contribution in [0.3, 0.4) is 0 Å². The quantitative estimate of drug-likeness (QED) is 0.495. The van der Waals surface area contributed by atoms with Gasteiger partial charge in [-0.1, -0.05) is 64.2 Å². The summed E-state index contributed by atoms with van der Waals surface area (Å²) in [5.41, 5.74) is 2.55. The Morgan fingerprint density at radius 2 is 1.82 bits per heavy atom. The van der Waals surface area contributed by atoms with Crippen molar-refractivity contribution in [1.82, 2.24) is 4.90 Å². The molecule has 2 bridgehead atoms. The van der Waals surface area contributed by atoms with Gasteiger partial charge >= 0.3 is 0 Å². The normalized spacial score (nSPS) is 26.0. The highest BCUT2D eigenvalue weighted by Crippen LogP contribution is 2.41. The van der Waals surface area contributed by atoms with E-state index in [4.69, 9.17) is 44.7 Å². The second-order valence-electron chi connectivity index (χ2n) is 5.75. The van der Waals surface area contributed by atoms with E-state index in [1.807, 2.05) is 24.3 Å². The van der Waals surface area contributed by atoms with E-state index in [2.05, 4.69) is 10.1 Å². The van der Waals surface area contributed by atoms with Gasteiger partial charge in [-0.2, -0.15) is 0 Å². The number of hydrogen-bond acceptors (Lipinski definition) is 4. The van der Waals surface area contributed by atoms with Crippen molar-refractivity contribution >= 4 is 40.5 Å². The van der Waals surface area contributed by atoms with Crippen molar-refractivity contribution in [3.05, 3.63) is 35.4 Å². The highest BCUT2D eigenvalue weighted by atomic mass is 35.6. The summed E-state index contributed by atoms with van der Waals surface area (Å²) in [4.78, 5) is 2.37. The van der Waals surface area contributed by atoms with Crippen LogP contribution in [0.25, 0.3) is 0 Å². The predicted octanol–water partition coefficient (Wildman–Crippen LogP) is 3.71. The summed E-state index contributed by atoms with van der Waals surface area (Å²) in [6, 6.07) is 8.05. The molecule has 2 aliphatic rings. The number of rotatable bonds is 2. The molecule has 1 aromatic carbocycles. The minimum absolute atomic E-state index is 0.196. The molecule has 2 heterocycles. The molecule has 3 rings (SSSR count). The van der Waals surface area contributed by atoms with Gasteiger partial charge in [0.25, 0.3) is 0 Å². The third kappa shape index (κ3) is 3.36. The molecule has 0 radical (unpaired) electrons. The number of oxime groups is 1. The molecule has 1 N–H and O–H groups in total. The van der Waals surface area contributed by atoms with Crippen LogP contribution < -0.4 is 0 Å². The third-order valence-corrected chi connectivity index (χ3v) is 4.93. The average Bonchev–Trinajstić information content (AvgIpc) is 2.46. The number of halogens is 3. The van der Waals surface area contributed by atoms with Gasteiger partial charge in [-0.25, -0.2) is 0 Å². The van der Waals surface area contributed by atoms with Crippen molar-refractivity contribution in [2.75, 3.05) is 13.2 Å². The maximum absolute atomic E-state index is 9.05. The van der Waals surface area contributed by atoms with Crippen LogP contribution in [-0.4, -0.2) is 41.1 Å². The molecule has 0 spiro atoms. The average molecular weight is 364 g/mol. The first kappa shape index (κ1) is 16.3. The molecule has 2 aliphatic heterocycles. The molecule has 2 saturated heterocycles. The van der Waals surface area contributed by atoms with E-state index < -0.39 is 3.79 Å². The van der Waals surface area contributed by atoms with Gasteiger partial charge in [0.2, 0.25) is 3.79 Å². The number of fused-ring (bicyclic) bond motifs is 2. The molecule has 0 saturated carbocycles. The summed E-state index contributed by atoms with van der Waals surface area (Å²) in [5.74, 6) is 0. The van der Waals surface area contributed by atoms with Crippen LogP contribution in [0.15, 0.2) is 29.4 Å². The molecule has 0 aliphatic carbocycles. The molecule has 2 atom stereocenters. The summed E-state index contributed by atoms with van der Waals surface area (Å²) < 4.78 is 4.20. The molecule has 1 aromatic rings. The maximum Gasteiger partial charge on any atom is 0.216 e. The van der Waals surface area contributed by atoms with Crippen molar-refractivity contribution in [2.45, 2.75) is 35.3 Å². The largest absolute Gasteiger partial charge is 0.411 e. The number of nitrogens with zero attached hydrogens (tertiary/aromatic N) is 2. The Kier molecular flexibility index (Phi) is 4.86. The minimum atomic E-state index is -1.43. The monoisotopic (exact) mass is 362 g/mol. The van der Waals surface area contributed by atoms with E-state index in [-0.39, 0.29) is 12.1 Å². The fourth-order valence-electron chi connectivity index (χ4n) is 3.28.